The monoisotopic (exact) mass is 168 g/mol. The van der Waals surface area contributed by atoms with Crippen LogP contribution in [0.5, 0.6) is 0 Å². The van der Waals surface area contributed by atoms with Gasteiger partial charge >= 0.3 is 0 Å². The molecule has 68 valence electrons. The molecule has 3 N–H and O–H groups in total. The van der Waals surface area contributed by atoms with Gasteiger partial charge in [0.25, 0.3) is 0 Å². The Kier molecular flexibility index (Phi) is 5.14. The molecule has 0 aromatic rings. The molecule has 0 saturated carbocycles. The zero-order valence-corrected chi connectivity index (χ0v) is 7.63. The van der Waals surface area contributed by atoms with Gasteiger partial charge in [0.1, 0.15) is 0 Å². The summed E-state index contributed by atoms with van der Waals surface area (Å²) in [5, 5.41) is 2.76. The van der Waals surface area contributed by atoms with Crippen molar-refractivity contribution in [3.63, 3.8) is 0 Å². The molecule has 0 bridgehead atoms. The van der Waals surface area contributed by atoms with Gasteiger partial charge in [-0.05, 0) is 13.3 Å². The Morgan fingerprint density at radius 1 is 1.75 bits per heavy atom. The lowest BCUT2D eigenvalue weighted by Gasteiger charge is -2.15. The van der Waals surface area contributed by atoms with Crippen LogP contribution in [0.2, 0.25) is 0 Å². The summed E-state index contributed by atoms with van der Waals surface area (Å²) in [7, 11) is 0. The zero-order chi connectivity index (χ0) is 9.56. The molecule has 3 heteroatoms. The number of nitrogens with two attached hydrogens (primary N) is 1. The molecule has 1 amide bonds. The minimum atomic E-state index is -0.461. The summed E-state index contributed by atoms with van der Waals surface area (Å²) in [5.41, 5.74) is 5.37. The van der Waals surface area contributed by atoms with Crippen molar-refractivity contribution in [1.29, 1.82) is 0 Å². The predicted molar refractivity (Wildman–Crippen MR) is 49.3 cm³/mol. The maximum Gasteiger partial charge on any atom is 0.236 e. The van der Waals surface area contributed by atoms with Gasteiger partial charge in [-0.15, -0.1) is 12.3 Å². The highest BCUT2D eigenvalue weighted by Gasteiger charge is 2.11. The maximum atomic E-state index is 11.1. The average molecular weight is 168 g/mol. The number of nitrogens with one attached hydrogen (secondary N) is 1. The first-order valence-corrected chi connectivity index (χ1v) is 4.11. The third kappa shape index (κ3) is 3.99. The average Bonchev–Trinajstić information content (AvgIpc) is 2.03. The van der Waals surface area contributed by atoms with Crippen LogP contribution in [0.4, 0.5) is 0 Å². The van der Waals surface area contributed by atoms with Gasteiger partial charge in [-0.25, -0.2) is 0 Å². The number of hydrogen-bond acceptors (Lipinski definition) is 2. The van der Waals surface area contributed by atoms with Gasteiger partial charge in [0.15, 0.2) is 0 Å². The van der Waals surface area contributed by atoms with E-state index in [4.69, 9.17) is 12.2 Å². The highest BCUT2D eigenvalue weighted by Crippen LogP contribution is 1.95. The minimum absolute atomic E-state index is 0.0634. The molecule has 0 radical (unpaired) electrons. The van der Waals surface area contributed by atoms with Crippen LogP contribution in [0.15, 0.2) is 0 Å². The summed E-state index contributed by atoms with van der Waals surface area (Å²) >= 11 is 0. The van der Waals surface area contributed by atoms with Crippen LogP contribution in [0.25, 0.3) is 0 Å². The van der Waals surface area contributed by atoms with E-state index in [2.05, 4.69) is 11.2 Å². The van der Waals surface area contributed by atoms with Crippen LogP contribution in [0.1, 0.15) is 26.7 Å². The van der Waals surface area contributed by atoms with E-state index in [9.17, 15) is 4.79 Å². The third-order valence-corrected chi connectivity index (χ3v) is 1.62. The quantitative estimate of drug-likeness (QED) is 0.591. The zero-order valence-electron chi connectivity index (χ0n) is 7.63. The molecule has 0 fully saturated rings. The van der Waals surface area contributed by atoms with Gasteiger partial charge in [0.2, 0.25) is 5.91 Å². The molecule has 1 unspecified atom stereocenters. The number of terminal acetylenes is 1. The van der Waals surface area contributed by atoms with Crippen LogP contribution in [0, 0.1) is 12.3 Å². The molecule has 3 nitrogen and oxygen atoms in total. The lowest BCUT2D eigenvalue weighted by Crippen LogP contribution is -2.43. The molecule has 0 aliphatic rings. The van der Waals surface area contributed by atoms with Crippen molar-refractivity contribution in [1.82, 2.24) is 5.32 Å². The largest absolute Gasteiger partial charge is 0.351 e. The first-order valence-electron chi connectivity index (χ1n) is 4.11. The van der Waals surface area contributed by atoms with Gasteiger partial charge in [-0.3, -0.25) is 4.79 Å². The summed E-state index contributed by atoms with van der Waals surface area (Å²) in [6.07, 6.45) is 6.52. The Balaban J connectivity index is 3.87. The maximum absolute atomic E-state index is 11.1. The number of rotatable bonds is 4. The predicted octanol–water partition coefficient (Wildman–Crippen LogP) is 0.252. The van der Waals surface area contributed by atoms with Crippen molar-refractivity contribution in [3.8, 4) is 12.3 Å². The molecule has 0 rings (SSSR count). The first kappa shape index (κ1) is 11.0. The van der Waals surface area contributed by atoms with Gasteiger partial charge in [-0.2, -0.15) is 0 Å². The standard InChI is InChI=1S/C9H16N2O/c1-4-6-8(5-2)11-9(12)7(3)10/h1,7-8H,5-6,10H2,2-3H3,(H,11,12)/t7-,8?/m0/s1. The molecular weight excluding hydrogens is 152 g/mol. The molecule has 2 atom stereocenters. The second-order valence-corrected chi connectivity index (χ2v) is 2.81. The van der Waals surface area contributed by atoms with Crippen LogP contribution >= 0.6 is 0 Å². The smallest absolute Gasteiger partial charge is 0.236 e. The first-order chi connectivity index (χ1) is 5.61. The van der Waals surface area contributed by atoms with Crippen molar-refractivity contribution in [2.24, 2.45) is 5.73 Å². The molecule has 0 aliphatic heterocycles. The van der Waals surface area contributed by atoms with Crippen molar-refractivity contribution in [3.05, 3.63) is 0 Å². The lowest BCUT2D eigenvalue weighted by atomic mass is 10.1. The molecule has 0 aromatic heterocycles. The van der Waals surface area contributed by atoms with E-state index in [1.54, 1.807) is 6.92 Å². The number of hydrogen-bond donors (Lipinski definition) is 2. The highest BCUT2D eigenvalue weighted by molar-refractivity contribution is 5.81. The molecular formula is C9H16N2O. The Morgan fingerprint density at radius 2 is 2.33 bits per heavy atom. The van der Waals surface area contributed by atoms with E-state index in [1.165, 1.54) is 0 Å². The van der Waals surface area contributed by atoms with E-state index in [1.807, 2.05) is 6.92 Å². The van der Waals surface area contributed by atoms with E-state index in [0.29, 0.717) is 6.42 Å². The Hall–Kier alpha value is -1.01. The summed E-state index contributed by atoms with van der Waals surface area (Å²) < 4.78 is 0. The normalized spacial score (nSPS) is 14.5. The van der Waals surface area contributed by atoms with Gasteiger partial charge in [0.05, 0.1) is 6.04 Å². The highest BCUT2D eigenvalue weighted by atomic mass is 16.2. The fraction of sp³-hybridized carbons (Fsp3) is 0.667. The summed E-state index contributed by atoms with van der Waals surface area (Å²) in [5.74, 6) is 2.37. The Labute approximate surface area is 73.7 Å². The van der Waals surface area contributed by atoms with Crippen molar-refractivity contribution < 1.29 is 4.79 Å². The minimum Gasteiger partial charge on any atom is -0.351 e. The molecule has 0 saturated heterocycles. The number of carbonyl (C=O) groups excluding carboxylic acids is 1. The molecule has 0 spiro atoms. The Bertz CT molecular complexity index is 181. The van der Waals surface area contributed by atoms with Gasteiger partial charge in [-0.1, -0.05) is 6.92 Å². The molecule has 0 aliphatic carbocycles. The number of amides is 1. The second kappa shape index (κ2) is 5.62. The summed E-state index contributed by atoms with van der Waals surface area (Å²) in [4.78, 5) is 11.1. The lowest BCUT2D eigenvalue weighted by molar-refractivity contribution is -0.122. The third-order valence-electron chi connectivity index (χ3n) is 1.62. The second-order valence-electron chi connectivity index (χ2n) is 2.81. The summed E-state index contributed by atoms with van der Waals surface area (Å²) in [6, 6.07) is -0.398. The fourth-order valence-corrected chi connectivity index (χ4v) is 0.772. The Morgan fingerprint density at radius 3 is 2.67 bits per heavy atom. The van der Waals surface area contributed by atoms with Crippen molar-refractivity contribution in [2.75, 3.05) is 0 Å². The molecule has 12 heavy (non-hydrogen) atoms. The topological polar surface area (TPSA) is 55.1 Å². The van der Waals surface area contributed by atoms with E-state index in [-0.39, 0.29) is 11.9 Å². The van der Waals surface area contributed by atoms with Crippen molar-refractivity contribution >= 4 is 5.91 Å². The molecule has 0 heterocycles. The van der Waals surface area contributed by atoms with E-state index >= 15 is 0 Å². The van der Waals surface area contributed by atoms with Gasteiger partial charge in [0, 0.05) is 12.5 Å². The van der Waals surface area contributed by atoms with Gasteiger partial charge < -0.3 is 11.1 Å². The van der Waals surface area contributed by atoms with Crippen LogP contribution in [-0.2, 0) is 4.79 Å². The number of carbonyl (C=O) groups is 1. The van der Waals surface area contributed by atoms with Crippen LogP contribution in [0.3, 0.4) is 0 Å². The fourth-order valence-electron chi connectivity index (χ4n) is 0.772. The van der Waals surface area contributed by atoms with Crippen molar-refractivity contribution in [2.45, 2.75) is 38.8 Å². The molecule has 0 aromatic carbocycles. The van der Waals surface area contributed by atoms with Crippen LogP contribution < -0.4 is 11.1 Å². The van der Waals surface area contributed by atoms with Crippen LogP contribution in [-0.4, -0.2) is 18.0 Å². The van der Waals surface area contributed by atoms with E-state index in [0.717, 1.165) is 6.42 Å². The SMILES string of the molecule is C#CCC(CC)NC(=O)[C@H](C)N. The van der Waals surface area contributed by atoms with E-state index < -0.39 is 6.04 Å². The summed E-state index contributed by atoms with van der Waals surface area (Å²) in [6.45, 7) is 3.63.